The van der Waals surface area contributed by atoms with E-state index in [4.69, 9.17) is 10.3 Å². The first-order valence-corrected chi connectivity index (χ1v) is 2.89. The van der Waals surface area contributed by atoms with E-state index in [9.17, 15) is 0 Å². The Morgan fingerprint density at radius 3 is 2.70 bits per heavy atom. The van der Waals surface area contributed by atoms with E-state index in [2.05, 4.69) is 15.0 Å². The molecule has 0 aliphatic carbocycles. The van der Waals surface area contributed by atoms with Crippen molar-refractivity contribution in [2.24, 2.45) is 5.90 Å². The molecule has 0 radical (unpaired) electrons. The fraction of sp³-hybridized carbons (Fsp3) is 0.600. The molecule has 56 valence electrons. The zero-order valence-electron chi connectivity index (χ0n) is 5.87. The molecule has 0 amide bonds. The van der Waals surface area contributed by atoms with Gasteiger partial charge in [0.1, 0.15) is 0 Å². The second kappa shape index (κ2) is 2.76. The highest BCUT2D eigenvalue weighted by Gasteiger charge is 2.10. The molecule has 1 heterocycles. The van der Waals surface area contributed by atoms with Crippen molar-refractivity contribution in [2.75, 3.05) is 0 Å². The molecule has 0 spiro atoms. The predicted molar refractivity (Wildman–Crippen MR) is 32.7 cm³/mol. The van der Waals surface area contributed by atoms with Gasteiger partial charge in [0.25, 0.3) is 0 Å². The number of aromatic nitrogens is 2. The van der Waals surface area contributed by atoms with Crippen molar-refractivity contribution >= 4 is 0 Å². The largest absolute Gasteiger partial charge is 0.423 e. The summed E-state index contributed by atoms with van der Waals surface area (Å²) in [6, 6.07) is 0. The first-order chi connectivity index (χ1) is 4.74. The zero-order valence-corrected chi connectivity index (χ0v) is 5.87. The lowest BCUT2D eigenvalue weighted by atomic mass is 10.4. The maximum absolute atomic E-state index is 5.01. The average Bonchev–Trinajstić information content (AvgIpc) is 2.34. The highest BCUT2D eigenvalue weighted by Crippen LogP contribution is 2.11. The van der Waals surface area contributed by atoms with E-state index in [1.807, 2.05) is 0 Å². The van der Waals surface area contributed by atoms with Gasteiger partial charge < -0.3 is 4.42 Å². The molecule has 0 aliphatic heterocycles. The van der Waals surface area contributed by atoms with Crippen molar-refractivity contribution in [2.45, 2.75) is 20.0 Å². The summed E-state index contributed by atoms with van der Waals surface area (Å²) in [7, 11) is 0. The average molecular weight is 143 g/mol. The van der Waals surface area contributed by atoms with Crippen molar-refractivity contribution in [1.29, 1.82) is 0 Å². The fourth-order valence-corrected chi connectivity index (χ4v) is 0.534. The molecule has 0 aliphatic rings. The Kier molecular flexibility index (Phi) is 1.98. The minimum atomic E-state index is -0.332. The van der Waals surface area contributed by atoms with Crippen molar-refractivity contribution in [1.82, 2.24) is 10.2 Å². The third-order valence-corrected chi connectivity index (χ3v) is 1.09. The molecule has 1 aromatic rings. The van der Waals surface area contributed by atoms with Crippen molar-refractivity contribution in [3.63, 3.8) is 0 Å². The molecule has 0 aromatic carbocycles. The number of nitrogens with zero attached hydrogens (tertiary/aromatic N) is 2. The molecule has 0 bridgehead atoms. The van der Waals surface area contributed by atoms with Crippen LogP contribution in [0, 0.1) is 6.92 Å². The Morgan fingerprint density at radius 2 is 2.30 bits per heavy atom. The van der Waals surface area contributed by atoms with Gasteiger partial charge in [0.15, 0.2) is 6.10 Å². The molecule has 1 rings (SSSR count). The highest BCUT2D eigenvalue weighted by molar-refractivity contribution is 4.82. The van der Waals surface area contributed by atoms with E-state index in [0.29, 0.717) is 11.8 Å². The second-order valence-electron chi connectivity index (χ2n) is 1.94. The van der Waals surface area contributed by atoms with Crippen LogP contribution in [0.2, 0.25) is 0 Å². The first-order valence-electron chi connectivity index (χ1n) is 2.89. The molecule has 0 fully saturated rings. The van der Waals surface area contributed by atoms with Gasteiger partial charge in [-0.2, -0.15) is 0 Å². The Morgan fingerprint density at radius 1 is 1.60 bits per heavy atom. The van der Waals surface area contributed by atoms with E-state index in [1.54, 1.807) is 13.8 Å². The van der Waals surface area contributed by atoms with Crippen LogP contribution in [0.25, 0.3) is 0 Å². The summed E-state index contributed by atoms with van der Waals surface area (Å²) in [5.41, 5.74) is 0. The summed E-state index contributed by atoms with van der Waals surface area (Å²) in [6.07, 6.45) is -0.332. The lowest BCUT2D eigenvalue weighted by molar-refractivity contribution is 0.0464. The summed E-state index contributed by atoms with van der Waals surface area (Å²) < 4.78 is 5.01. The van der Waals surface area contributed by atoms with Crippen LogP contribution < -0.4 is 5.90 Å². The fourth-order valence-electron chi connectivity index (χ4n) is 0.534. The minimum Gasteiger partial charge on any atom is -0.423 e. The monoisotopic (exact) mass is 143 g/mol. The Balaban J connectivity index is 2.74. The van der Waals surface area contributed by atoms with E-state index >= 15 is 0 Å². The van der Waals surface area contributed by atoms with Gasteiger partial charge in [-0.1, -0.05) is 0 Å². The van der Waals surface area contributed by atoms with Gasteiger partial charge in [0, 0.05) is 6.92 Å². The van der Waals surface area contributed by atoms with Crippen LogP contribution in [0.4, 0.5) is 0 Å². The number of hydrogen-bond donors (Lipinski definition) is 1. The molecule has 5 heteroatoms. The topological polar surface area (TPSA) is 74.2 Å². The van der Waals surface area contributed by atoms with Gasteiger partial charge in [-0.3, -0.25) is 4.84 Å². The van der Waals surface area contributed by atoms with Gasteiger partial charge in [0.05, 0.1) is 0 Å². The third kappa shape index (κ3) is 1.31. The second-order valence-corrected chi connectivity index (χ2v) is 1.94. The normalized spacial score (nSPS) is 13.5. The zero-order chi connectivity index (χ0) is 7.56. The van der Waals surface area contributed by atoms with Crippen molar-refractivity contribution < 1.29 is 9.25 Å². The summed E-state index contributed by atoms with van der Waals surface area (Å²) in [5, 5.41) is 7.30. The Labute approximate surface area is 58.1 Å². The summed E-state index contributed by atoms with van der Waals surface area (Å²) in [6.45, 7) is 3.44. The van der Waals surface area contributed by atoms with Gasteiger partial charge >= 0.3 is 0 Å². The van der Waals surface area contributed by atoms with Crippen LogP contribution in [0.5, 0.6) is 0 Å². The smallest absolute Gasteiger partial charge is 0.246 e. The number of rotatable bonds is 2. The molecule has 5 nitrogen and oxygen atoms in total. The molecule has 1 unspecified atom stereocenters. The first kappa shape index (κ1) is 7.17. The Hall–Kier alpha value is -0.940. The Bertz CT molecular complexity index is 210. The lowest BCUT2D eigenvalue weighted by Gasteiger charge is -1.99. The van der Waals surface area contributed by atoms with E-state index in [1.165, 1.54) is 0 Å². The maximum Gasteiger partial charge on any atom is 0.246 e. The molecule has 0 saturated carbocycles. The molecule has 10 heavy (non-hydrogen) atoms. The summed E-state index contributed by atoms with van der Waals surface area (Å²) in [4.78, 5) is 4.45. The van der Waals surface area contributed by atoms with Crippen LogP contribution in [-0.2, 0) is 4.84 Å². The quantitative estimate of drug-likeness (QED) is 0.604. The van der Waals surface area contributed by atoms with Crippen LogP contribution in [0.1, 0.15) is 24.8 Å². The molecule has 2 N–H and O–H groups in total. The van der Waals surface area contributed by atoms with Crippen molar-refractivity contribution in [3.8, 4) is 0 Å². The maximum atomic E-state index is 5.01. The minimum absolute atomic E-state index is 0.332. The lowest BCUT2D eigenvalue weighted by Crippen LogP contribution is -2.05. The molecular formula is C5H9N3O2. The van der Waals surface area contributed by atoms with Gasteiger partial charge in [0.2, 0.25) is 11.8 Å². The van der Waals surface area contributed by atoms with Crippen LogP contribution in [0.3, 0.4) is 0 Å². The standard InChI is InChI=1S/C5H9N3O2/c1-3(10-6)5-8-7-4(2)9-5/h3H,6H2,1-2H3. The number of aryl methyl sites for hydroxylation is 1. The summed E-state index contributed by atoms with van der Waals surface area (Å²) >= 11 is 0. The van der Waals surface area contributed by atoms with E-state index in [0.717, 1.165) is 0 Å². The molecule has 0 saturated heterocycles. The van der Waals surface area contributed by atoms with E-state index < -0.39 is 0 Å². The third-order valence-electron chi connectivity index (χ3n) is 1.09. The number of nitrogens with two attached hydrogens (primary N) is 1. The van der Waals surface area contributed by atoms with Gasteiger partial charge in [-0.25, -0.2) is 5.90 Å². The highest BCUT2D eigenvalue weighted by atomic mass is 16.6. The SMILES string of the molecule is Cc1nnc(C(C)ON)o1. The summed E-state index contributed by atoms with van der Waals surface area (Å²) in [5.74, 6) is 5.80. The molecular weight excluding hydrogens is 134 g/mol. The molecule has 1 aromatic heterocycles. The van der Waals surface area contributed by atoms with Crippen LogP contribution >= 0.6 is 0 Å². The number of hydrogen-bond acceptors (Lipinski definition) is 5. The van der Waals surface area contributed by atoms with Gasteiger partial charge in [-0.05, 0) is 6.92 Å². The van der Waals surface area contributed by atoms with E-state index in [-0.39, 0.29) is 6.10 Å². The van der Waals surface area contributed by atoms with Gasteiger partial charge in [-0.15, -0.1) is 10.2 Å². The van der Waals surface area contributed by atoms with Crippen LogP contribution in [-0.4, -0.2) is 10.2 Å². The molecule has 1 atom stereocenters. The predicted octanol–water partition coefficient (Wildman–Crippen LogP) is 0.329. The van der Waals surface area contributed by atoms with Crippen LogP contribution in [0.15, 0.2) is 4.42 Å². The van der Waals surface area contributed by atoms with Crippen molar-refractivity contribution in [3.05, 3.63) is 11.8 Å².